The highest BCUT2D eigenvalue weighted by atomic mass is 35.5. The van der Waals surface area contributed by atoms with Crippen molar-refractivity contribution in [1.29, 1.82) is 0 Å². The minimum absolute atomic E-state index is 0.247. The molecule has 0 radical (unpaired) electrons. The molecule has 2 atom stereocenters. The highest BCUT2D eigenvalue weighted by Crippen LogP contribution is 2.44. The number of carbonyl (C=O) groups excluding carboxylic acids is 1. The number of fused-ring (bicyclic) bond motifs is 1. The summed E-state index contributed by atoms with van der Waals surface area (Å²) in [6, 6.07) is 14.4. The number of nitrogens with one attached hydrogen (secondary N) is 2. The van der Waals surface area contributed by atoms with Crippen molar-refractivity contribution >= 4 is 40.2 Å². The molecule has 0 saturated heterocycles. The number of hydrogen-bond acceptors (Lipinski definition) is 4. The molecule has 0 saturated carbocycles. The van der Waals surface area contributed by atoms with Crippen LogP contribution in [0.3, 0.4) is 0 Å². The fourth-order valence-corrected chi connectivity index (χ4v) is 5.21. The summed E-state index contributed by atoms with van der Waals surface area (Å²) < 4.78 is 0. The predicted molar refractivity (Wildman–Crippen MR) is 128 cm³/mol. The minimum atomic E-state index is -1.20. The van der Waals surface area contributed by atoms with Crippen LogP contribution in [0.2, 0.25) is 5.15 Å². The zero-order valence-electron chi connectivity index (χ0n) is 18.0. The molecule has 9 heteroatoms. The maximum absolute atomic E-state index is 13.5. The van der Waals surface area contributed by atoms with Crippen molar-refractivity contribution in [3.8, 4) is 11.3 Å². The van der Waals surface area contributed by atoms with Crippen molar-refractivity contribution in [2.45, 2.75) is 31.3 Å². The molecule has 34 heavy (non-hydrogen) atoms. The normalized spacial score (nSPS) is 19.2. The van der Waals surface area contributed by atoms with Crippen molar-refractivity contribution in [1.82, 2.24) is 20.3 Å². The largest absolute Gasteiger partial charge is 0.465 e. The van der Waals surface area contributed by atoms with E-state index >= 15 is 0 Å². The maximum atomic E-state index is 13.5. The van der Waals surface area contributed by atoms with E-state index in [4.69, 9.17) is 11.6 Å². The Balaban J connectivity index is 1.38. The van der Waals surface area contributed by atoms with Gasteiger partial charge in [0.2, 0.25) is 5.91 Å². The number of hydrogen-bond donors (Lipinski definition) is 3. The van der Waals surface area contributed by atoms with Crippen LogP contribution in [0.5, 0.6) is 0 Å². The summed E-state index contributed by atoms with van der Waals surface area (Å²) in [6.45, 7) is 0. The van der Waals surface area contributed by atoms with Gasteiger partial charge in [-0.15, -0.1) is 0 Å². The third-order valence-electron chi connectivity index (χ3n) is 6.58. The van der Waals surface area contributed by atoms with Gasteiger partial charge in [-0.25, -0.2) is 14.8 Å². The van der Waals surface area contributed by atoms with Crippen molar-refractivity contribution in [2.75, 3.05) is 4.90 Å². The van der Waals surface area contributed by atoms with Crippen LogP contribution in [-0.4, -0.2) is 38.1 Å². The molecule has 0 bridgehead atoms. The molecule has 4 aromatic rings. The van der Waals surface area contributed by atoms with Gasteiger partial charge >= 0.3 is 6.09 Å². The number of benzene rings is 2. The topological polar surface area (TPSA) is 111 Å². The first-order chi connectivity index (χ1) is 16.5. The highest BCUT2D eigenvalue weighted by molar-refractivity contribution is 6.29. The van der Waals surface area contributed by atoms with Crippen LogP contribution in [0.4, 0.5) is 10.5 Å². The first-order valence-corrected chi connectivity index (χ1v) is 11.4. The molecule has 0 aliphatic carbocycles. The number of amides is 2. The van der Waals surface area contributed by atoms with Gasteiger partial charge in [-0.05, 0) is 48.2 Å². The molecule has 0 spiro atoms. The molecule has 0 fully saturated rings. The molecular formula is C25H20ClN5O3. The van der Waals surface area contributed by atoms with Gasteiger partial charge in [0.1, 0.15) is 17.0 Å². The fraction of sp³-hybridized carbons (Fsp3) is 0.200. The second-order valence-corrected chi connectivity index (χ2v) is 9.00. The lowest BCUT2D eigenvalue weighted by atomic mass is 10.0. The standard InChI is InChI=1S/C25H20ClN5O3/c26-21-9-6-14-10-15(5-7-17(14)28-21)19-12-27-23(29-19)20-11-16-3-1-2-13-4-8-18(30-25(33)34)24(32)31(20)22(13)16/h1-3,5-7,9-10,12,18,20,30H,4,8,11H2,(H,27,29)(H,33,34)/t18-,20-/m0/s1. The first kappa shape index (κ1) is 20.7. The van der Waals surface area contributed by atoms with Crippen molar-refractivity contribution in [3.05, 3.63) is 76.8 Å². The van der Waals surface area contributed by atoms with Gasteiger partial charge in [0, 0.05) is 17.4 Å². The molecule has 4 heterocycles. The number of halogens is 1. The predicted octanol–water partition coefficient (Wildman–Crippen LogP) is 4.49. The molecule has 0 unspecified atom stereocenters. The zero-order valence-corrected chi connectivity index (χ0v) is 18.7. The Bertz CT molecular complexity index is 1470. The second-order valence-electron chi connectivity index (χ2n) is 8.62. The summed E-state index contributed by atoms with van der Waals surface area (Å²) in [5, 5.41) is 13.1. The monoisotopic (exact) mass is 473 g/mol. The molecule has 3 N–H and O–H groups in total. The Morgan fingerprint density at radius 1 is 1.18 bits per heavy atom. The molecule has 2 amide bonds. The molecule has 2 aromatic carbocycles. The van der Waals surface area contributed by atoms with Gasteiger partial charge in [0.25, 0.3) is 0 Å². The fourth-order valence-electron chi connectivity index (χ4n) is 5.05. The van der Waals surface area contributed by atoms with E-state index in [0.717, 1.165) is 39.0 Å². The van der Waals surface area contributed by atoms with Crippen molar-refractivity contribution in [2.24, 2.45) is 0 Å². The number of aromatic amines is 1. The third kappa shape index (κ3) is 3.38. The Morgan fingerprint density at radius 2 is 2.03 bits per heavy atom. The average Bonchev–Trinajstić information content (AvgIpc) is 3.43. The lowest BCUT2D eigenvalue weighted by Gasteiger charge is -2.27. The van der Waals surface area contributed by atoms with Gasteiger partial charge in [0.05, 0.1) is 29.1 Å². The number of para-hydroxylation sites is 1. The summed E-state index contributed by atoms with van der Waals surface area (Å²) in [5.41, 5.74) is 5.58. The Labute approximate surface area is 199 Å². The van der Waals surface area contributed by atoms with Gasteiger partial charge in [-0.3, -0.25) is 9.69 Å². The number of aromatic nitrogens is 3. The number of aryl methyl sites for hydroxylation is 1. The first-order valence-electron chi connectivity index (χ1n) is 11.0. The number of anilines is 1. The van der Waals surface area contributed by atoms with Crippen LogP contribution in [0.1, 0.15) is 29.4 Å². The number of imidazole rings is 1. The smallest absolute Gasteiger partial charge is 0.405 e. The number of H-pyrrole nitrogens is 1. The van der Waals surface area contributed by atoms with E-state index in [1.165, 1.54) is 0 Å². The van der Waals surface area contributed by atoms with Crippen LogP contribution in [0.25, 0.3) is 22.2 Å². The lowest BCUT2D eigenvalue weighted by Crippen LogP contribution is -2.48. The Hall–Kier alpha value is -3.91. The van der Waals surface area contributed by atoms with E-state index in [1.54, 1.807) is 17.2 Å². The Morgan fingerprint density at radius 3 is 2.88 bits per heavy atom. The zero-order chi connectivity index (χ0) is 23.4. The van der Waals surface area contributed by atoms with Gasteiger partial charge < -0.3 is 15.4 Å². The quantitative estimate of drug-likeness (QED) is 0.379. The van der Waals surface area contributed by atoms with Crippen LogP contribution in [0.15, 0.2) is 54.7 Å². The van der Waals surface area contributed by atoms with Gasteiger partial charge in [0.15, 0.2) is 0 Å². The number of carbonyl (C=O) groups is 2. The summed E-state index contributed by atoms with van der Waals surface area (Å²) >= 11 is 6.00. The molecule has 6 rings (SSSR count). The van der Waals surface area contributed by atoms with E-state index < -0.39 is 12.1 Å². The molecule has 2 aliphatic rings. The summed E-state index contributed by atoms with van der Waals surface area (Å²) in [6.07, 6.45) is 2.22. The van der Waals surface area contributed by atoms with Crippen LogP contribution in [0, 0.1) is 0 Å². The highest BCUT2D eigenvalue weighted by Gasteiger charge is 2.42. The van der Waals surface area contributed by atoms with Crippen LogP contribution < -0.4 is 10.2 Å². The third-order valence-corrected chi connectivity index (χ3v) is 6.79. The second kappa shape index (κ2) is 7.85. The molecule has 2 aliphatic heterocycles. The van der Waals surface area contributed by atoms with E-state index in [0.29, 0.717) is 30.2 Å². The summed E-state index contributed by atoms with van der Waals surface area (Å²) in [4.78, 5) is 38.9. The van der Waals surface area contributed by atoms with Crippen LogP contribution >= 0.6 is 11.6 Å². The lowest BCUT2D eigenvalue weighted by molar-refractivity contribution is -0.120. The minimum Gasteiger partial charge on any atom is -0.465 e. The molecular weight excluding hydrogens is 454 g/mol. The maximum Gasteiger partial charge on any atom is 0.405 e. The van der Waals surface area contributed by atoms with E-state index in [2.05, 4.69) is 20.3 Å². The van der Waals surface area contributed by atoms with Crippen LogP contribution in [-0.2, 0) is 17.6 Å². The summed E-state index contributed by atoms with van der Waals surface area (Å²) in [7, 11) is 0. The average molecular weight is 474 g/mol. The molecule has 8 nitrogen and oxygen atoms in total. The number of carboxylic acid groups (broad SMARTS) is 1. The Kier molecular flexibility index (Phi) is 4.77. The number of rotatable bonds is 3. The van der Waals surface area contributed by atoms with Gasteiger partial charge in [-0.2, -0.15) is 0 Å². The molecule has 2 aromatic heterocycles. The number of nitrogens with zero attached hydrogens (tertiary/aromatic N) is 3. The molecule has 170 valence electrons. The SMILES string of the molecule is O=C(O)N[C@H]1CCc2cccc3c2N(C1=O)[C@H](c1ncc(-c2ccc4nc(Cl)ccc4c2)[nH]1)C3. The van der Waals surface area contributed by atoms with E-state index in [-0.39, 0.29) is 11.9 Å². The van der Waals surface area contributed by atoms with E-state index in [1.807, 2.05) is 42.5 Å². The van der Waals surface area contributed by atoms with Crippen molar-refractivity contribution in [3.63, 3.8) is 0 Å². The van der Waals surface area contributed by atoms with Gasteiger partial charge in [-0.1, -0.05) is 35.9 Å². The van der Waals surface area contributed by atoms with Crippen molar-refractivity contribution < 1.29 is 14.7 Å². The number of pyridine rings is 1. The van der Waals surface area contributed by atoms with E-state index in [9.17, 15) is 14.7 Å². The summed E-state index contributed by atoms with van der Waals surface area (Å²) in [5.74, 6) is 0.415.